The van der Waals surface area contributed by atoms with Gasteiger partial charge in [0.2, 0.25) is 0 Å². The van der Waals surface area contributed by atoms with E-state index in [9.17, 15) is 9.59 Å². The van der Waals surface area contributed by atoms with Crippen molar-refractivity contribution in [3.8, 4) is 11.1 Å². The first-order valence-electron chi connectivity index (χ1n) is 10.8. The molecule has 0 spiro atoms. The molecule has 4 nitrogen and oxygen atoms in total. The van der Waals surface area contributed by atoms with Gasteiger partial charge in [-0.05, 0) is 33.9 Å². The van der Waals surface area contributed by atoms with Crippen molar-refractivity contribution in [3.05, 3.63) is 111 Å². The molecule has 1 aliphatic heterocycles. The van der Waals surface area contributed by atoms with Crippen LogP contribution in [0.3, 0.4) is 0 Å². The monoisotopic (exact) mass is 509 g/mol. The fourth-order valence-electron chi connectivity index (χ4n) is 4.52. The molecule has 7 heteroatoms. The molecule has 1 heterocycles. The molecular formula is C27H21Cl2NO3S. The number of hydrogen-bond acceptors (Lipinski definition) is 3. The second-order valence-corrected chi connectivity index (χ2v) is 11.1. The highest BCUT2D eigenvalue weighted by molar-refractivity contribution is 8.29. The van der Waals surface area contributed by atoms with E-state index in [0.29, 0.717) is 15.0 Å². The maximum Gasteiger partial charge on any atom is 0.407 e. The molecule has 3 aromatic carbocycles. The van der Waals surface area contributed by atoms with E-state index in [0.717, 1.165) is 27.9 Å². The van der Waals surface area contributed by atoms with Crippen LogP contribution in [0.5, 0.6) is 0 Å². The van der Waals surface area contributed by atoms with Crippen LogP contribution in [-0.4, -0.2) is 24.9 Å². The fourth-order valence-corrected chi connectivity index (χ4v) is 7.63. The van der Waals surface area contributed by atoms with Gasteiger partial charge in [-0.1, -0.05) is 96.0 Å². The van der Waals surface area contributed by atoms with Gasteiger partial charge in [-0.2, -0.15) is 10.9 Å². The lowest BCUT2D eigenvalue weighted by molar-refractivity contribution is 0.112. The molecule has 0 saturated carbocycles. The number of ether oxygens (including phenoxy) is 1. The largest absolute Gasteiger partial charge is 0.449 e. The molecular weight excluding hydrogens is 489 g/mol. The minimum Gasteiger partial charge on any atom is -0.449 e. The van der Waals surface area contributed by atoms with E-state index in [1.165, 1.54) is 11.1 Å². The molecule has 1 atom stereocenters. The summed E-state index contributed by atoms with van der Waals surface area (Å²) in [6, 6.07) is 23.6. The molecule has 1 unspecified atom stereocenters. The van der Waals surface area contributed by atoms with Gasteiger partial charge in [-0.3, -0.25) is 4.79 Å². The Morgan fingerprint density at radius 1 is 0.912 bits per heavy atom. The number of thiol groups is 1. The summed E-state index contributed by atoms with van der Waals surface area (Å²) in [4.78, 5) is 25.0. The molecule has 0 bridgehead atoms. The summed E-state index contributed by atoms with van der Waals surface area (Å²) in [6.07, 6.45) is 1.97. The molecule has 1 aliphatic carbocycles. The van der Waals surface area contributed by atoms with Crippen molar-refractivity contribution in [3.63, 3.8) is 0 Å². The molecule has 2 aliphatic rings. The van der Waals surface area contributed by atoms with Crippen molar-refractivity contribution in [1.82, 2.24) is 5.32 Å². The van der Waals surface area contributed by atoms with Crippen LogP contribution < -0.4 is 5.32 Å². The lowest BCUT2D eigenvalue weighted by Crippen LogP contribution is -2.27. The number of benzene rings is 3. The molecule has 1 N–H and O–H groups in total. The first-order chi connectivity index (χ1) is 16.6. The van der Waals surface area contributed by atoms with E-state index in [-0.39, 0.29) is 18.4 Å². The minimum absolute atomic E-state index is 0.0109. The predicted molar refractivity (Wildman–Crippen MR) is 141 cm³/mol. The Kier molecular flexibility index (Phi) is 6.50. The zero-order valence-electron chi connectivity index (χ0n) is 18.0. The zero-order valence-corrected chi connectivity index (χ0v) is 20.4. The van der Waals surface area contributed by atoms with Crippen molar-refractivity contribution in [2.45, 2.75) is 5.92 Å². The second kappa shape index (κ2) is 9.71. The molecule has 34 heavy (non-hydrogen) atoms. The fraction of sp³-hybridized carbons (Fsp3) is 0.111. The van der Waals surface area contributed by atoms with Gasteiger partial charge in [0.25, 0.3) is 0 Å². The molecule has 172 valence electrons. The van der Waals surface area contributed by atoms with Crippen LogP contribution in [0.25, 0.3) is 16.0 Å². The molecule has 1 amide bonds. The van der Waals surface area contributed by atoms with E-state index in [2.05, 4.69) is 29.6 Å². The molecule has 3 aromatic rings. The summed E-state index contributed by atoms with van der Waals surface area (Å²) in [6.45, 7) is 0.235. The van der Waals surface area contributed by atoms with Crippen LogP contribution in [0, 0.1) is 0 Å². The standard InChI is InChI=1S/C27H21Cl2NO3S/c28-24-13-25(29)34(26(24)18-8-2-1-7-17(18)14-31)16-30-27(32)33-15-23-21-11-5-3-9-19(21)20-10-4-6-12-22(20)23/h1-14,23,34H,15-16H2,(H,30,32). The third-order valence-electron chi connectivity index (χ3n) is 6.07. The van der Waals surface area contributed by atoms with Crippen molar-refractivity contribution in [1.29, 1.82) is 0 Å². The third kappa shape index (κ3) is 4.16. The topological polar surface area (TPSA) is 55.4 Å². The predicted octanol–water partition coefficient (Wildman–Crippen LogP) is 7.00. The molecule has 0 saturated heterocycles. The highest BCUT2D eigenvalue weighted by atomic mass is 35.5. The van der Waals surface area contributed by atoms with Crippen LogP contribution in [0.2, 0.25) is 0 Å². The number of hydrogen-bond donors (Lipinski definition) is 2. The van der Waals surface area contributed by atoms with Gasteiger partial charge in [0.05, 0.1) is 15.3 Å². The number of halogens is 2. The summed E-state index contributed by atoms with van der Waals surface area (Å²) < 4.78 is 6.20. The molecule has 5 rings (SSSR count). The second-order valence-electron chi connectivity index (χ2n) is 7.96. The molecule has 0 radical (unpaired) electrons. The Bertz CT molecular complexity index is 1310. The van der Waals surface area contributed by atoms with Gasteiger partial charge < -0.3 is 10.1 Å². The van der Waals surface area contributed by atoms with E-state index < -0.39 is 17.0 Å². The maximum atomic E-state index is 12.6. The quantitative estimate of drug-likeness (QED) is 0.277. The summed E-state index contributed by atoms with van der Waals surface area (Å²) in [5.41, 5.74) is 5.93. The SMILES string of the molecule is O=Cc1ccccc1C1=C(Cl)C=C(Cl)[SH]1CNC(=O)OCC1c2ccccc2-c2ccccc21. The van der Waals surface area contributed by atoms with E-state index in [4.69, 9.17) is 27.9 Å². The highest BCUT2D eigenvalue weighted by Crippen LogP contribution is 2.57. The van der Waals surface area contributed by atoms with Crippen molar-refractivity contribution < 1.29 is 14.3 Å². The lowest BCUT2D eigenvalue weighted by Gasteiger charge is -2.22. The van der Waals surface area contributed by atoms with Gasteiger partial charge in [0.15, 0.2) is 6.29 Å². The number of alkyl carbamates (subject to hydrolysis) is 1. The first-order valence-corrected chi connectivity index (χ1v) is 13.0. The summed E-state index contributed by atoms with van der Waals surface area (Å²) >= 11 is 12.9. The number of carbonyl (C=O) groups excluding carboxylic acids is 2. The number of aldehydes is 1. The van der Waals surface area contributed by atoms with Gasteiger partial charge in [-0.15, -0.1) is 0 Å². The smallest absolute Gasteiger partial charge is 0.407 e. The van der Waals surface area contributed by atoms with E-state index in [1.54, 1.807) is 18.2 Å². The lowest BCUT2D eigenvalue weighted by atomic mass is 9.98. The Hall–Kier alpha value is -2.99. The van der Waals surface area contributed by atoms with Crippen molar-refractivity contribution in [2.75, 3.05) is 12.5 Å². The number of carbonyl (C=O) groups is 2. The summed E-state index contributed by atoms with van der Waals surface area (Å²) in [5, 5.41) is 3.33. The number of nitrogens with one attached hydrogen (secondary N) is 1. The first kappa shape index (κ1) is 22.8. The Morgan fingerprint density at radius 2 is 1.50 bits per heavy atom. The zero-order chi connectivity index (χ0) is 23.7. The number of rotatable bonds is 6. The van der Waals surface area contributed by atoms with Gasteiger partial charge >= 0.3 is 6.09 Å². The normalized spacial score (nSPS) is 17.7. The van der Waals surface area contributed by atoms with Crippen LogP contribution in [0.4, 0.5) is 4.79 Å². The number of allylic oxidation sites excluding steroid dienone is 2. The van der Waals surface area contributed by atoms with Crippen LogP contribution in [-0.2, 0) is 4.74 Å². The van der Waals surface area contributed by atoms with Gasteiger partial charge in [0.1, 0.15) is 6.61 Å². The van der Waals surface area contributed by atoms with Crippen LogP contribution in [0.15, 0.2) is 88.3 Å². The Morgan fingerprint density at radius 3 is 2.15 bits per heavy atom. The van der Waals surface area contributed by atoms with Gasteiger partial charge in [-0.25, -0.2) is 4.79 Å². The summed E-state index contributed by atoms with van der Waals surface area (Å²) in [5.74, 6) is 0.253. The maximum absolute atomic E-state index is 12.6. The number of fused-ring (bicyclic) bond motifs is 3. The highest BCUT2D eigenvalue weighted by Gasteiger charge is 2.30. The van der Waals surface area contributed by atoms with Crippen LogP contribution >= 0.6 is 34.1 Å². The van der Waals surface area contributed by atoms with E-state index in [1.807, 2.05) is 36.4 Å². The Balaban J connectivity index is 1.27. The molecule has 0 fully saturated rings. The summed E-state index contributed by atoms with van der Waals surface area (Å²) in [7, 11) is -1.14. The van der Waals surface area contributed by atoms with Gasteiger partial charge in [0, 0.05) is 16.4 Å². The van der Waals surface area contributed by atoms with Crippen molar-refractivity contribution >= 4 is 51.4 Å². The van der Waals surface area contributed by atoms with Crippen molar-refractivity contribution in [2.24, 2.45) is 0 Å². The van der Waals surface area contributed by atoms with Crippen LogP contribution in [0.1, 0.15) is 33.0 Å². The average molecular weight is 510 g/mol. The average Bonchev–Trinajstić information content (AvgIpc) is 3.34. The number of amides is 1. The Labute approximate surface area is 210 Å². The van der Waals surface area contributed by atoms with E-state index >= 15 is 0 Å². The third-order valence-corrected chi connectivity index (χ3v) is 9.36. The minimum atomic E-state index is -1.14. The molecule has 0 aromatic heterocycles.